The van der Waals surface area contributed by atoms with Crippen LogP contribution in [0.3, 0.4) is 0 Å². The van der Waals surface area contributed by atoms with Crippen molar-refractivity contribution in [1.29, 1.82) is 0 Å². The van der Waals surface area contributed by atoms with Gasteiger partial charge in [0, 0.05) is 18.3 Å². The summed E-state index contributed by atoms with van der Waals surface area (Å²) in [5, 5.41) is 13.2. The van der Waals surface area contributed by atoms with Gasteiger partial charge in [-0.15, -0.1) is 0 Å². The summed E-state index contributed by atoms with van der Waals surface area (Å²) in [6.07, 6.45) is 0. The fraction of sp³-hybridized carbons (Fsp3) is 0.200. The fourth-order valence-electron chi connectivity index (χ4n) is 1.83. The molecule has 1 unspecified atom stereocenters. The lowest BCUT2D eigenvalue weighted by molar-refractivity contribution is 0.0715. The van der Waals surface area contributed by atoms with Crippen LogP contribution in [0.1, 0.15) is 12.5 Å². The molecule has 4 heteroatoms. The van der Waals surface area contributed by atoms with Crippen LogP contribution in [0.4, 0.5) is 14.5 Å². The standard InChI is InChI=1S/C15H15F2NO/c1-15(19,11-5-3-2-4-6-11)10-18-14-8-12(16)7-13(17)9-14/h2-9,18-19H,10H2,1H3. The summed E-state index contributed by atoms with van der Waals surface area (Å²) in [6, 6.07) is 12.3. The van der Waals surface area contributed by atoms with Gasteiger partial charge in [0.05, 0.1) is 0 Å². The zero-order valence-electron chi connectivity index (χ0n) is 10.5. The highest BCUT2D eigenvalue weighted by Gasteiger charge is 2.22. The molecule has 1 atom stereocenters. The Labute approximate surface area is 110 Å². The van der Waals surface area contributed by atoms with E-state index in [1.54, 1.807) is 19.1 Å². The molecule has 0 radical (unpaired) electrons. The van der Waals surface area contributed by atoms with Crippen molar-refractivity contribution in [3.05, 3.63) is 65.7 Å². The Hall–Kier alpha value is -1.94. The summed E-state index contributed by atoms with van der Waals surface area (Å²) in [5.41, 5.74) is -0.0857. The quantitative estimate of drug-likeness (QED) is 0.887. The van der Waals surface area contributed by atoms with Gasteiger partial charge in [0.15, 0.2) is 0 Å². The minimum Gasteiger partial charge on any atom is -0.384 e. The molecule has 2 N–H and O–H groups in total. The molecular weight excluding hydrogens is 248 g/mol. The minimum absolute atomic E-state index is 0.153. The van der Waals surface area contributed by atoms with Crippen LogP contribution >= 0.6 is 0 Å². The van der Waals surface area contributed by atoms with Gasteiger partial charge in [-0.1, -0.05) is 30.3 Å². The molecular formula is C15H15F2NO. The summed E-state index contributed by atoms with van der Waals surface area (Å²) in [7, 11) is 0. The summed E-state index contributed by atoms with van der Waals surface area (Å²) in [5.74, 6) is -1.30. The third-order valence-electron chi connectivity index (χ3n) is 2.89. The molecule has 100 valence electrons. The second kappa shape index (κ2) is 5.36. The molecule has 0 aliphatic rings. The highest BCUT2D eigenvalue weighted by atomic mass is 19.1. The van der Waals surface area contributed by atoms with Crippen molar-refractivity contribution in [2.24, 2.45) is 0 Å². The van der Waals surface area contributed by atoms with E-state index in [9.17, 15) is 13.9 Å². The predicted molar refractivity (Wildman–Crippen MR) is 70.9 cm³/mol. The first-order valence-electron chi connectivity index (χ1n) is 5.95. The zero-order valence-corrected chi connectivity index (χ0v) is 10.5. The summed E-state index contributed by atoms with van der Waals surface area (Å²) in [6.45, 7) is 1.80. The number of benzene rings is 2. The normalized spacial score (nSPS) is 13.9. The molecule has 2 nitrogen and oxygen atoms in total. The number of anilines is 1. The summed E-state index contributed by atoms with van der Waals surface area (Å²) in [4.78, 5) is 0. The first-order valence-corrected chi connectivity index (χ1v) is 5.95. The van der Waals surface area contributed by atoms with Crippen molar-refractivity contribution >= 4 is 5.69 Å². The van der Waals surface area contributed by atoms with Gasteiger partial charge in [-0.25, -0.2) is 8.78 Å². The Kier molecular flexibility index (Phi) is 3.81. The Bertz CT molecular complexity index is 535. The average Bonchev–Trinajstić information content (AvgIpc) is 2.37. The van der Waals surface area contributed by atoms with Crippen molar-refractivity contribution in [2.45, 2.75) is 12.5 Å². The van der Waals surface area contributed by atoms with Crippen molar-refractivity contribution in [2.75, 3.05) is 11.9 Å². The molecule has 0 aromatic heterocycles. The van der Waals surface area contributed by atoms with Crippen LogP contribution in [-0.4, -0.2) is 11.7 Å². The van der Waals surface area contributed by atoms with Crippen LogP contribution in [0.2, 0.25) is 0 Å². The number of halogens is 2. The zero-order chi connectivity index (χ0) is 13.9. The molecule has 0 amide bonds. The molecule has 0 aliphatic carbocycles. The smallest absolute Gasteiger partial charge is 0.128 e. The van der Waals surface area contributed by atoms with E-state index in [4.69, 9.17) is 0 Å². The van der Waals surface area contributed by atoms with Gasteiger partial charge in [-0.05, 0) is 24.6 Å². The van der Waals surface area contributed by atoms with E-state index < -0.39 is 17.2 Å². The summed E-state index contributed by atoms with van der Waals surface area (Å²) >= 11 is 0. The highest BCUT2D eigenvalue weighted by Crippen LogP contribution is 2.21. The monoisotopic (exact) mass is 263 g/mol. The molecule has 2 rings (SSSR count). The van der Waals surface area contributed by atoms with E-state index in [1.807, 2.05) is 18.2 Å². The second-order valence-electron chi connectivity index (χ2n) is 4.65. The van der Waals surface area contributed by atoms with E-state index in [0.29, 0.717) is 5.69 Å². The Balaban J connectivity index is 2.09. The number of rotatable bonds is 4. The number of hydrogen-bond donors (Lipinski definition) is 2. The van der Waals surface area contributed by atoms with Crippen LogP contribution in [0.15, 0.2) is 48.5 Å². The Morgan fingerprint density at radius 3 is 2.21 bits per heavy atom. The molecule has 0 fully saturated rings. The maximum atomic E-state index is 13.0. The maximum Gasteiger partial charge on any atom is 0.128 e. The number of hydrogen-bond acceptors (Lipinski definition) is 2. The van der Waals surface area contributed by atoms with Crippen molar-refractivity contribution in [1.82, 2.24) is 0 Å². The number of nitrogens with one attached hydrogen (secondary N) is 1. The Morgan fingerprint density at radius 2 is 1.63 bits per heavy atom. The first kappa shape index (κ1) is 13.5. The van der Waals surface area contributed by atoms with E-state index in [0.717, 1.165) is 11.6 Å². The average molecular weight is 263 g/mol. The maximum absolute atomic E-state index is 13.0. The highest BCUT2D eigenvalue weighted by molar-refractivity contribution is 5.44. The molecule has 0 aliphatic heterocycles. The largest absolute Gasteiger partial charge is 0.384 e. The van der Waals surface area contributed by atoms with Crippen LogP contribution in [-0.2, 0) is 5.60 Å². The van der Waals surface area contributed by atoms with Gasteiger partial charge in [-0.2, -0.15) is 0 Å². The van der Waals surface area contributed by atoms with Crippen LogP contribution in [0, 0.1) is 11.6 Å². The van der Waals surface area contributed by atoms with Crippen LogP contribution in [0.25, 0.3) is 0 Å². The van der Waals surface area contributed by atoms with Gasteiger partial charge < -0.3 is 10.4 Å². The molecule has 2 aromatic carbocycles. The summed E-state index contributed by atoms with van der Waals surface area (Å²) < 4.78 is 26.1. The number of aliphatic hydroxyl groups is 1. The predicted octanol–water partition coefficient (Wildman–Crippen LogP) is 3.28. The van der Waals surface area contributed by atoms with E-state index in [2.05, 4.69) is 5.32 Å². The van der Waals surface area contributed by atoms with Gasteiger partial charge in [0.25, 0.3) is 0 Å². The SMILES string of the molecule is CC(O)(CNc1cc(F)cc(F)c1)c1ccccc1. The van der Waals surface area contributed by atoms with Crippen molar-refractivity contribution in [3.8, 4) is 0 Å². The molecule has 0 spiro atoms. The van der Waals surface area contributed by atoms with E-state index in [-0.39, 0.29) is 6.54 Å². The van der Waals surface area contributed by atoms with Gasteiger partial charge >= 0.3 is 0 Å². The van der Waals surface area contributed by atoms with Gasteiger partial charge in [0.2, 0.25) is 0 Å². The Morgan fingerprint density at radius 1 is 1.05 bits per heavy atom. The third-order valence-corrected chi connectivity index (χ3v) is 2.89. The first-order chi connectivity index (χ1) is 8.97. The van der Waals surface area contributed by atoms with Crippen LogP contribution < -0.4 is 5.32 Å². The van der Waals surface area contributed by atoms with Crippen molar-refractivity contribution in [3.63, 3.8) is 0 Å². The lowest BCUT2D eigenvalue weighted by Gasteiger charge is -2.24. The van der Waals surface area contributed by atoms with Crippen LogP contribution in [0.5, 0.6) is 0 Å². The lowest BCUT2D eigenvalue weighted by atomic mass is 9.96. The molecule has 19 heavy (non-hydrogen) atoms. The lowest BCUT2D eigenvalue weighted by Crippen LogP contribution is -2.30. The van der Waals surface area contributed by atoms with Gasteiger partial charge in [-0.3, -0.25) is 0 Å². The topological polar surface area (TPSA) is 32.3 Å². The molecule has 0 saturated carbocycles. The fourth-order valence-corrected chi connectivity index (χ4v) is 1.83. The van der Waals surface area contributed by atoms with E-state index in [1.165, 1.54) is 12.1 Å². The molecule has 0 bridgehead atoms. The van der Waals surface area contributed by atoms with E-state index >= 15 is 0 Å². The second-order valence-corrected chi connectivity index (χ2v) is 4.65. The van der Waals surface area contributed by atoms with Crippen molar-refractivity contribution < 1.29 is 13.9 Å². The van der Waals surface area contributed by atoms with Gasteiger partial charge in [0.1, 0.15) is 17.2 Å². The molecule has 2 aromatic rings. The molecule has 0 heterocycles. The minimum atomic E-state index is -1.12. The molecule has 0 saturated heterocycles. The third kappa shape index (κ3) is 3.51.